The van der Waals surface area contributed by atoms with Crippen molar-refractivity contribution in [1.29, 1.82) is 0 Å². The molecule has 1 amide bonds. The Balaban J connectivity index is 1.57. The Kier molecular flexibility index (Phi) is 5.31. The minimum absolute atomic E-state index is 0.265. The molecule has 2 aromatic carbocycles. The van der Waals surface area contributed by atoms with E-state index in [-0.39, 0.29) is 5.56 Å². The van der Waals surface area contributed by atoms with Gasteiger partial charge in [-0.05, 0) is 36.4 Å². The monoisotopic (exact) mass is 381 g/mol. The van der Waals surface area contributed by atoms with Crippen LogP contribution in [-0.4, -0.2) is 31.7 Å². The van der Waals surface area contributed by atoms with Crippen LogP contribution in [0.15, 0.2) is 36.4 Å². The highest BCUT2D eigenvalue weighted by molar-refractivity contribution is 6.36. The van der Waals surface area contributed by atoms with Gasteiger partial charge >= 0.3 is 5.97 Å². The van der Waals surface area contributed by atoms with E-state index in [1.807, 2.05) is 0 Å². The first-order valence-corrected chi connectivity index (χ1v) is 8.10. The second-order valence-corrected chi connectivity index (χ2v) is 5.95. The minimum atomic E-state index is -0.644. The van der Waals surface area contributed by atoms with Crippen molar-refractivity contribution in [3.63, 3.8) is 0 Å². The zero-order valence-corrected chi connectivity index (χ0v) is 14.4. The van der Waals surface area contributed by atoms with Gasteiger partial charge in [0, 0.05) is 5.02 Å². The van der Waals surface area contributed by atoms with Gasteiger partial charge in [-0.15, -0.1) is 0 Å². The number of fused-ring (bicyclic) bond motifs is 1. The maximum absolute atomic E-state index is 12.1. The molecule has 0 aromatic heterocycles. The predicted molar refractivity (Wildman–Crippen MR) is 92.8 cm³/mol. The first kappa shape index (κ1) is 17.4. The summed E-state index contributed by atoms with van der Waals surface area (Å²) in [6.45, 7) is 0.423. The van der Waals surface area contributed by atoms with Crippen molar-refractivity contribution in [3.8, 4) is 11.5 Å². The Morgan fingerprint density at radius 1 is 1.04 bits per heavy atom. The molecular weight excluding hydrogens is 369 g/mol. The zero-order chi connectivity index (χ0) is 17.8. The number of ether oxygens (including phenoxy) is 3. The molecule has 0 saturated heterocycles. The van der Waals surface area contributed by atoms with Crippen LogP contribution in [0.2, 0.25) is 10.0 Å². The van der Waals surface area contributed by atoms with Gasteiger partial charge in [-0.2, -0.15) is 0 Å². The number of halogens is 2. The van der Waals surface area contributed by atoms with Gasteiger partial charge in [-0.3, -0.25) is 4.79 Å². The van der Waals surface area contributed by atoms with Crippen LogP contribution in [0.3, 0.4) is 0 Å². The number of rotatable bonds is 4. The third-order valence-electron chi connectivity index (χ3n) is 3.32. The SMILES string of the molecule is O=C(COC(=O)c1ccc2c(c1)OCCO2)Nc1ccc(Cl)cc1Cl. The lowest BCUT2D eigenvalue weighted by Gasteiger charge is -2.18. The summed E-state index contributed by atoms with van der Waals surface area (Å²) in [5.74, 6) is -0.125. The molecule has 8 heteroatoms. The molecule has 0 fully saturated rings. The smallest absolute Gasteiger partial charge is 0.338 e. The largest absolute Gasteiger partial charge is 0.486 e. The molecule has 3 rings (SSSR count). The van der Waals surface area contributed by atoms with Crippen molar-refractivity contribution in [1.82, 2.24) is 0 Å². The number of amides is 1. The van der Waals surface area contributed by atoms with Gasteiger partial charge < -0.3 is 19.5 Å². The number of carbonyl (C=O) groups excluding carboxylic acids is 2. The van der Waals surface area contributed by atoms with Crippen LogP contribution in [0.25, 0.3) is 0 Å². The maximum atomic E-state index is 12.1. The molecule has 0 radical (unpaired) electrons. The summed E-state index contributed by atoms with van der Waals surface area (Å²) in [5, 5.41) is 3.29. The van der Waals surface area contributed by atoms with E-state index in [1.54, 1.807) is 24.3 Å². The first-order chi connectivity index (χ1) is 12.0. The number of anilines is 1. The van der Waals surface area contributed by atoms with Crippen LogP contribution in [0.5, 0.6) is 11.5 Å². The third kappa shape index (κ3) is 4.35. The zero-order valence-electron chi connectivity index (χ0n) is 12.9. The standard InChI is InChI=1S/C17H13Cl2NO5/c18-11-2-3-13(12(19)8-11)20-16(21)9-25-17(22)10-1-4-14-15(7-10)24-6-5-23-14/h1-4,7-8H,5-6,9H2,(H,20,21). The number of benzene rings is 2. The second-order valence-electron chi connectivity index (χ2n) is 5.11. The molecular formula is C17H13Cl2NO5. The van der Waals surface area contributed by atoms with Crippen LogP contribution >= 0.6 is 23.2 Å². The molecule has 6 nitrogen and oxygen atoms in total. The average Bonchev–Trinajstić information content (AvgIpc) is 2.61. The van der Waals surface area contributed by atoms with Gasteiger partial charge in [0.15, 0.2) is 18.1 Å². The molecule has 130 valence electrons. The van der Waals surface area contributed by atoms with E-state index in [9.17, 15) is 9.59 Å². The van der Waals surface area contributed by atoms with Crippen LogP contribution in [0.4, 0.5) is 5.69 Å². The number of nitrogens with one attached hydrogen (secondary N) is 1. The quantitative estimate of drug-likeness (QED) is 0.819. The first-order valence-electron chi connectivity index (χ1n) is 7.34. The number of esters is 1. The highest BCUT2D eigenvalue weighted by Crippen LogP contribution is 2.31. The fraction of sp³-hybridized carbons (Fsp3) is 0.176. The lowest BCUT2D eigenvalue weighted by Crippen LogP contribution is -2.21. The highest BCUT2D eigenvalue weighted by atomic mass is 35.5. The van der Waals surface area contributed by atoms with E-state index < -0.39 is 18.5 Å². The van der Waals surface area contributed by atoms with Crippen molar-refractivity contribution in [2.24, 2.45) is 0 Å². The lowest BCUT2D eigenvalue weighted by molar-refractivity contribution is -0.119. The van der Waals surface area contributed by atoms with Crippen LogP contribution < -0.4 is 14.8 Å². The van der Waals surface area contributed by atoms with Crippen LogP contribution in [0, 0.1) is 0 Å². The number of hydrogen-bond donors (Lipinski definition) is 1. The van der Waals surface area contributed by atoms with E-state index in [2.05, 4.69) is 5.32 Å². The van der Waals surface area contributed by atoms with Crippen molar-refractivity contribution in [2.75, 3.05) is 25.1 Å². The Morgan fingerprint density at radius 3 is 2.56 bits per heavy atom. The topological polar surface area (TPSA) is 73.9 Å². The molecule has 1 aliphatic rings. The van der Waals surface area contributed by atoms with Crippen molar-refractivity contribution in [3.05, 3.63) is 52.0 Å². The summed E-state index contributed by atoms with van der Waals surface area (Å²) < 4.78 is 15.8. The van der Waals surface area contributed by atoms with Gasteiger partial charge in [0.2, 0.25) is 0 Å². The van der Waals surface area contributed by atoms with Gasteiger partial charge in [-0.25, -0.2) is 4.79 Å². The van der Waals surface area contributed by atoms with E-state index in [1.165, 1.54) is 12.1 Å². The van der Waals surface area contributed by atoms with Gasteiger partial charge in [-0.1, -0.05) is 23.2 Å². The molecule has 1 heterocycles. The second kappa shape index (κ2) is 7.63. The van der Waals surface area contributed by atoms with E-state index in [0.29, 0.717) is 40.4 Å². The molecule has 0 bridgehead atoms. The molecule has 25 heavy (non-hydrogen) atoms. The molecule has 1 N–H and O–H groups in total. The lowest BCUT2D eigenvalue weighted by atomic mass is 10.2. The molecule has 2 aromatic rings. The summed E-state index contributed by atoms with van der Waals surface area (Å²) >= 11 is 11.8. The fourth-order valence-electron chi connectivity index (χ4n) is 2.16. The minimum Gasteiger partial charge on any atom is -0.486 e. The predicted octanol–water partition coefficient (Wildman–Crippen LogP) is 3.56. The normalized spacial score (nSPS) is 12.4. The summed E-state index contributed by atoms with van der Waals surface area (Å²) in [6, 6.07) is 9.34. The Morgan fingerprint density at radius 2 is 1.80 bits per heavy atom. The Labute approximate surface area is 153 Å². The molecule has 0 atom stereocenters. The summed E-state index contributed by atoms with van der Waals surface area (Å²) in [5.41, 5.74) is 0.646. The summed E-state index contributed by atoms with van der Waals surface area (Å²) in [4.78, 5) is 24.0. The van der Waals surface area contributed by atoms with E-state index >= 15 is 0 Å². The van der Waals surface area contributed by atoms with Gasteiger partial charge in [0.25, 0.3) is 5.91 Å². The highest BCUT2D eigenvalue weighted by Gasteiger charge is 2.17. The fourth-order valence-corrected chi connectivity index (χ4v) is 2.62. The number of hydrogen-bond acceptors (Lipinski definition) is 5. The van der Waals surface area contributed by atoms with Gasteiger partial charge in [0.1, 0.15) is 13.2 Å². The Bertz CT molecular complexity index is 825. The number of carbonyl (C=O) groups is 2. The average molecular weight is 382 g/mol. The van der Waals surface area contributed by atoms with Crippen LogP contribution in [0.1, 0.15) is 10.4 Å². The molecule has 0 unspecified atom stereocenters. The van der Waals surface area contributed by atoms with E-state index in [4.69, 9.17) is 37.4 Å². The molecule has 0 saturated carbocycles. The third-order valence-corrected chi connectivity index (χ3v) is 3.87. The van der Waals surface area contributed by atoms with E-state index in [0.717, 1.165) is 0 Å². The summed E-state index contributed by atoms with van der Waals surface area (Å²) in [6.07, 6.45) is 0. The maximum Gasteiger partial charge on any atom is 0.338 e. The van der Waals surface area contributed by atoms with Crippen molar-refractivity contribution >= 4 is 40.8 Å². The molecule has 1 aliphatic heterocycles. The van der Waals surface area contributed by atoms with Crippen molar-refractivity contribution in [2.45, 2.75) is 0 Å². The summed E-state index contributed by atoms with van der Waals surface area (Å²) in [7, 11) is 0. The van der Waals surface area contributed by atoms with Crippen molar-refractivity contribution < 1.29 is 23.8 Å². The molecule has 0 spiro atoms. The molecule has 0 aliphatic carbocycles. The van der Waals surface area contributed by atoms with Crippen LogP contribution in [-0.2, 0) is 9.53 Å². The Hall–Kier alpha value is -2.44. The van der Waals surface area contributed by atoms with Gasteiger partial charge in [0.05, 0.1) is 16.3 Å².